The van der Waals surface area contributed by atoms with Gasteiger partial charge in [0.1, 0.15) is 18.2 Å². The molecule has 3 aromatic heterocycles. The second-order valence-electron chi connectivity index (χ2n) is 8.99. The summed E-state index contributed by atoms with van der Waals surface area (Å²) in [6.07, 6.45) is 6.06. The summed E-state index contributed by atoms with van der Waals surface area (Å²) >= 11 is 0. The van der Waals surface area contributed by atoms with Crippen molar-refractivity contribution >= 4 is 17.0 Å². The number of imidazole rings is 1. The van der Waals surface area contributed by atoms with Gasteiger partial charge in [-0.15, -0.1) is 0 Å². The molecule has 0 amide bonds. The molecule has 1 aliphatic heterocycles. The average molecular weight is 496 g/mol. The summed E-state index contributed by atoms with van der Waals surface area (Å²) in [4.78, 5) is 23.2. The van der Waals surface area contributed by atoms with Crippen molar-refractivity contribution in [2.75, 3.05) is 18.5 Å². The molecule has 0 aliphatic carbocycles. The van der Waals surface area contributed by atoms with Gasteiger partial charge in [-0.25, -0.2) is 29.3 Å². The van der Waals surface area contributed by atoms with Crippen LogP contribution in [0.4, 0.5) is 10.3 Å². The number of nitrogens with one attached hydrogen (secondary N) is 1. The Kier molecular flexibility index (Phi) is 6.18. The van der Waals surface area contributed by atoms with Gasteiger partial charge in [-0.1, -0.05) is 19.1 Å². The number of benzene rings is 2. The second kappa shape index (κ2) is 9.93. The van der Waals surface area contributed by atoms with Crippen LogP contribution in [0.1, 0.15) is 31.6 Å². The number of hydrogen-bond acceptors (Lipinski definition) is 7. The van der Waals surface area contributed by atoms with Crippen LogP contribution in [0.5, 0.6) is 5.88 Å². The summed E-state index contributed by atoms with van der Waals surface area (Å²) in [5, 5.41) is 3.26. The average Bonchev–Trinajstić information content (AvgIpc) is 3.51. The first-order valence-electron chi connectivity index (χ1n) is 12.5. The molecule has 0 saturated carbocycles. The predicted octanol–water partition coefficient (Wildman–Crippen LogP) is 5.48. The molecule has 8 nitrogen and oxygen atoms in total. The van der Waals surface area contributed by atoms with E-state index in [4.69, 9.17) is 14.7 Å². The fraction of sp³-hybridized carbons (Fsp3) is 0.250. The maximum absolute atomic E-state index is 13.7. The third-order valence-electron chi connectivity index (χ3n) is 6.45. The highest BCUT2D eigenvalue weighted by Crippen LogP contribution is 2.39. The lowest BCUT2D eigenvalue weighted by molar-refractivity contribution is 0.247. The maximum atomic E-state index is 13.7. The zero-order valence-corrected chi connectivity index (χ0v) is 20.4. The van der Waals surface area contributed by atoms with Crippen LogP contribution in [0.2, 0.25) is 0 Å². The zero-order chi connectivity index (χ0) is 25.2. The second-order valence-corrected chi connectivity index (χ2v) is 8.99. The Hall–Kier alpha value is -4.40. The van der Waals surface area contributed by atoms with Crippen LogP contribution in [-0.2, 0) is 6.42 Å². The largest absolute Gasteiger partial charge is 0.474 e. The summed E-state index contributed by atoms with van der Waals surface area (Å²) in [5.41, 5.74) is 4.85. The van der Waals surface area contributed by atoms with E-state index >= 15 is 0 Å². The van der Waals surface area contributed by atoms with E-state index in [9.17, 15) is 4.39 Å². The van der Waals surface area contributed by atoms with Crippen LogP contribution in [0, 0.1) is 5.82 Å². The fourth-order valence-corrected chi connectivity index (χ4v) is 4.69. The van der Waals surface area contributed by atoms with Gasteiger partial charge in [0.25, 0.3) is 0 Å². The first-order chi connectivity index (χ1) is 18.2. The Morgan fingerprint density at radius 2 is 1.84 bits per heavy atom. The third kappa shape index (κ3) is 4.60. The molecule has 6 rings (SSSR count). The molecule has 4 heterocycles. The molecule has 1 atom stereocenters. The van der Waals surface area contributed by atoms with Crippen molar-refractivity contribution in [1.82, 2.24) is 29.5 Å². The summed E-state index contributed by atoms with van der Waals surface area (Å²) in [6.45, 7) is 3.29. The van der Waals surface area contributed by atoms with E-state index in [2.05, 4.69) is 31.8 Å². The van der Waals surface area contributed by atoms with Gasteiger partial charge in [-0.3, -0.25) is 0 Å². The number of nitrogens with zero attached hydrogens (tertiary/aromatic N) is 6. The number of aromatic nitrogens is 6. The third-order valence-corrected chi connectivity index (χ3v) is 6.45. The van der Waals surface area contributed by atoms with Gasteiger partial charge in [0, 0.05) is 24.7 Å². The summed E-state index contributed by atoms with van der Waals surface area (Å²) in [7, 11) is 0. The summed E-state index contributed by atoms with van der Waals surface area (Å²) in [5.74, 6) is 1.72. The van der Waals surface area contributed by atoms with Gasteiger partial charge < -0.3 is 14.6 Å². The summed E-state index contributed by atoms with van der Waals surface area (Å²) in [6, 6.07) is 16.1. The van der Waals surface area contributed by atoms with E-state index in [0.29, 0.717) is 18.4 Å². The van der Waals surface area contributed by atoms with Crippen LogP contribution in [0.25, 0.3) is 33.7 Å². The highest BCUT2D eigenvalue weighted by molar-refractivity contribution is 5.78. The molecule has 9 heteroatoms. The number of ether oxygens (including phenoxy) is 1. The Morgan fingerprint density at radius 1 is 1.00 bits per heavy atom. The van der Waals surface area contributed by atoms with E-state index in [0.717, 1.165) is 65.3 Å². The van der Waals surface area contributed by atoms with Crippen molar-refractivity contribution < 1.29 is 9.13 Å². The molecule has 0 bridgehead atoms. The standard InChI is InChI=1S/C28H26FN7O/c1-2-14-30-28-31-15-13-23(34-28)27-26(18-7-9-19(29)10-8-18)35-24-12-11-20(36(24)27)17-37-25-16-32-21-5-3-4-6-22(21)33-25/h3-10,13,15-16,20H,2,11-12,14,17H2,1H3,(H,30,31,34). The van der Waals surface area contributed by atoms with Crippen molar-refractivity contribution in [3.8, 4) is 28.5 Å². The maximum Gasteiger partial charge on any atom is 0.232 e. The van der Waals surface area contributed by atoms with Gasteiger partial charge in [-0.2, -0.15) is 0 Å². The van der Waals surface area contributed by atoms with Gasteiger partial charge in [-0.05, 0) is 55.3 Å². The predicted molar refractivity (Wildman–Crippen MR) is 140 cm³/mol. The number of hydrogen-bond donors (Lipinski definition) is 1. The molecule has 1 unspecified atom stereocenters. The molecule has 0 spiro atoms. The number of aryl methyl sites for hydroxylation is 1. The number of fused-ring (bicyclic) bond motifs is 2. The lowest BCUT2D eigenvalue weighted by atomic mass is 10.1. The van der Waals surface area contributed by atoms with Gasteiger partial charge in [0.2, 0.25) is 11.8 Å². The van der Waals surface area contributed by atoms with Crippen LogP contribution >= 0.6 is 0 Å². The number of rotatable bonds is 8. The molecule has 1 aliphatic rings. The normalized spacial score (nSPS) is 14.6. The fourth-order valence-electron chi connectivity index (χ4n) is 4.69. The topological polar surface area (TPSA) is 90.6 Å². The molecule has 0 saturated heterocycles. The molecule has 5 aromatic rings. The first kappa shape index (κ1) is 23.0. The number of para-hydroxylation sites is 2. The first-order valence-corrected chi connectivity index (χ1v) is 12.5. The quantitative estimate of drug-likeness (QED) is 0.305. The van der Waals surface area contributed by atoms with Crippen molar-refractivity contribution in [1.29, 1.82) is 0 Å². The molecule has 0 fully saturated rings. The SMILES string of the molecule is CCCNc1nccc(-c2c(-c3ccc(F)cc3)nc3n2C(COc2cnc4ccccc4n2)CC3)n1. The minimum atomic E-state index is -0.284. The van der Waals surface area contributed by atoms with Crippen LogP contribution in [-0.4, -0.2) is 42.6 Å². The van der Waals surface area contributed by atoms with E-state index in [-0.39, 0.29) is 11.9 Å². The van der Waals surface area contributed by atoms with E-state index in [1.165, 1.54) is 12.1 Å². The molecule has 0 radical (unpaired) electrons. The van der Waals surface area contributed by atoms with Crippen molar-refractivity contribution in [3.05, 3.63) is 78.6 Å². The molecule has 186 valence electrons. The number of halogens is 1. The Bertz CT molecular complexity index is 1550. The van der Waals surface area contributed by atoms with Gasteiger partial charge in [0.05, 0.1) is 40.4 Å². The number of anilines is 1. The van der Waals surface area contributed by atoms with Gasteiger partial charge >= 0.3 is 0 Å². The Labute approximate surface area is 213 Å². The lowest BCUT2D eigenvalue weighted by Crippen LogP contribution is -2.16. The van der Waals surface area contributed by atoms with E-state index in [1.54, 1.807) is 24.5 Å². The van der Waals surface area contributed by atoms with Crippen molar-refractivity contribution in [2.45, 2.75) is 32.2 Å². The molecular weight excluding hydrogens is 469 g/mol. The van der Waals surface area contributed by atoms with Crippen LogP contribution in [0.15, 0.2) is 67.0 Å². The summed E-state index contributed by atoms with van der Waals surface area (Å²) < 4.78 is 22.0. The zero-order valence-electron chi connectivity index (χ0n) is 20.4. The van der Waals surface area contributed by atoms with Gasteiger partial charge in [0.15, 0.2) is 0 Å². The Morgan fingerprint density at radius 3 is 2.68 bits per heavy atom. The molecule has 1 N–H and O–H groups in total. The minimum absolute atomic E-state index is 0.0296. The van der Waals surface area contributed by atoms with E-state index in [1.807, 2.05) is 30.3 Å². The van der Waals surface area contributed by atoms with Crippen LogP contribution < -0.4 is 10.1 Å². The van der Waals surface area contributed by atoms with Crippen molar-refractivity contribution in [3.63, 3.8) is 0 Å². The monoisotopic (exact) mass is 495 g/mol. The minimum Gasteiger partial charge on any atom is -0.474 e. The van der Waals surface area contributed by atoms with Crippen LogP contribution in [0.3, 0.4) is 0 Å². The molecular formula is C28H26FN7O. The molecule has 2 aromatic carbocycles. The Balaban J connectivity index is 1.37. The van der Waals surface area contributed by atoms with Crippen molar-refractivity contribution in [2.24, 2.45) is 0 Å². The molecule has 37 heavy (non-hydrogen) atoms. The smallest absolute Gasteiger partial charge is 0.232 e. The highest BCUT2D eigenvalue weighted by Gasteiger charge is 2.31. The highest BCUT2D eigenvalue weighted by atomic mass is 19.1. The van der Waals surface area contributed by atoms with E-state index < -0.39 is 0 Å². The lowest BCUT2D eigenvalue weighted by Gasteiger charge is -2.18.